The monoisotopic (exact) mass is 136 g/mol. The largest absolute Gasteiger partial charge is 0.391 e. The van der Waals surface area contributed by atoms with E-state index in [1.807, 2.05) is 0 Å². The van der Waals surface area contributed by atoms with Crippen molar-refractivity contribution in [3.8, 4) is 0 Å². The van der Waals surface area contributed by atoms with Crippen molar-refractivity contribution in [2.24, 2.45) is 11.7 Å². The number of nitrogens with two attached hydrogens (primary N) is 2. The molecule has 0 bridgehead atoms. The summed E-state index contributed by atoms with van der Waals surface area (Å²) >= 11 is 3.17. The van der Waals surface area contributed by atoms with Crippen molar-refractivity contribution in [2.75, 3.05) is 0 Å². The van der Waals surface area contributed by atoms with Gasteiger partial charge in [-0.25, -0.2) is 4.79 Å². The highest BCUT2D eigenvalue weighted by Gasteiger charge is 1.83. The van der Waals surface area contributed by atoms with E-state index in [1.54, 1.807) is 0 Å². The van der Waals surface area contributed by atoms with E-state index in [2.05, 4.69) is 35.4 Å². The van der Waals surface area contributed by atoms with E-state index in [0.29, 0.717) is 0 Å². The summed E-state index contributed by atoms with van der Waals surface area (Å²) in [7, 11) is 0. The standard InChI is InChI=1S/C3H4O2S.H4N2/c1-2-3(4)5-6;1-2/h2,6H,1H2;1-2H2. The second-order valence-corrected chi connectivity index (χ2v) is 0.797. The molecule has 4 N–H and O–H groups in total. The Morgan fingerprint density at radius 2 is 2.12 bits per heavy atom. The van der Waals surface area contributed by atoms with Crippen molar-refractivity contribution in [1.29, 1.82) is 0 Å². The molecule has 0 aromatic carbocycles. The Morgan fingerprint density at radius 1 is 1.75 bits per heavy atom. The number of carbonyl (C=O) groups excluding carboxylic acids is 1. The SMILES string of the molecule is C=CC(=O)OS.NN. The maximum Gasteiger partial charge on any atom is 0.341 e. The predicted molar refractivity (Wildman–Crippen MR) is 33.6 cm³/mol. The molecule has 0 aliphatic rings. The lowest BCUT2D eigenvalue weighted by Crippen LogP contribution is -2.02. The Bertz CT molecular complexity index is 75.7. The van der Waals surface area contributed by atoms with Crippen molar-refractivity contribution >= 4 is 18.9 Å². The van der Waals surface area contributed by atoms with Crippen LogP contribution in [0.15, 0.2) is 12.7 Å². The van der Waals surface area contributed by atoms with Gasteiger partial charge in [0.2, 0.25) is 0 Å². The molecule has 0 aliphatic carbocycles. The summed E-state index contributed by atoms with van der Waals surface area (Å²) in [6, 6.07) is 0. The summed E-state index contributed by atoms with van der Waals surface area (Å²) in [5, 5.41) is 0. The van der Waals surface area contributed by atoms with Crippen LogP contribution in [0.1, 0.15) is 0 Å². The topological polar surface area (TPSA) is 78.3 Å². The molecule has 0 fully saturated rings. The molecule has 0 saturated heterocycles. The van der Waals surface area contributed by atoms with Crippen LogP contribution in [0.5, 0.6) is 0 Å². The first kappa shape index (κ1) is 10.5. The van der Waals surface area contributed by atoms with Crippen LogP contribution in [0.3, 0.4) is 0 Å². The van der Waals surface area contributed by atoms with Gasteiger partial charge in [-0.15, -0.1) is 0 Å². The lowest BCUT2D eigenvalue weighted by Gasteiger charge is -1.80. The maximum atomic E-state index is 9.76. The molecule has 0 spiro atoms. The van der Waals surface area contributed by atoms with Gasteiger partial charge in [-0.3, -0.25) is 11.7 Å². The van der Waals surface area contributed by atoms with Gasteiger partial charge in [0.25, 0.3) is 0 Å². The van der Waals surface area contributed by atoms with Crippen LogP contribution >= 0.6 is 12.9 Å². The first-order valence-electron chi connectivity index (χ1n) is 1.62. The number of rotatable bonds is 1. The summed E-state index contributed by atoms with van der Waals surface area (Å²) < 4.78 is 3.84. The normalized spacial score (nSPS) is 5.88. The summed E-state index contributed by atoms with van der Waals surface area (Å²) in [4.78, 5) is 9.76. The minimum atomic E-state index is -0.529. The zero-order chi connectivity index (χ0) is 6.99. The Balaban J connectivity index is 0. The van der Waals surface area contributed by atoms with Crippen LogP contribution < -0.4 is 11.7 Å². The van der Waals surface area contributed by atoms with Crippen LogP contribution in [0.4, 0.5) is 0 Å². The fraction of sp³-hybridized carbons (Fsp3) is 0. The van der Waals surface area contributed by atoms with E-state index in [0.717, 1.165) is 6.08 Å². The average molecular weight is 136 g/mol. The van der Waals surface area contributed by atoms with E-state index in [-0.39, 0.29) is 0 Å². The molecule has 0 saturated carbocycles. The van der Waals surface area contributed by atoms with Crippen molar-refractivity contribution in [3.05, 3.63) is 12.7 Å². The third-order valence-corrected chi connectivity index (χ3v) is 0.437. The summed E-state index contributed by atoms with van der Waals surface area (Å²) in [6.07, 6.45) is 1.03. The molecule has 4 nitrogen and oxygen atoms in total. The average Bonchev–Trinajstić information content (AvgIpc) is 1.91. The van der Waals surface area contributed by atoms with Gasteiger partial charge in [0.1, 0.15) is 0 Å². The van der Waals surface area contributed by atoms with Gasteiger partial charge in [-0.2, -0.15) is 0 Å². The molecule has 0 rings (SSSR count). The van der Waals surface area contributed by atoms with Gasteiger partial charge in [0.05, 0.1) is 0 Å². The third-order valence-electron chi connectivity index (χ3n) is 0.257. The fourth-order valence-electron chi connectivity index (χ4n) is 0.0373. The van der Waals surface area contributed by atoms with Crippen LogP contribution in [-0.4, -0.2) is 5.97 Å². The van der Waals surface area contributed by atoms with Crippen molar-refractivity contribution in [3.63, 3.8) is 0 Å². The smallest absolute Gasteiger partial charge is 0.341 e. The Labute approximate surface area is 53.1 Å². The highest BCUT2D eigenvalue weighted by atomic mass is 32.1. The van der Waals surface area contributed by atoms with Gasteiger partial charge in [-0.1, -0.05) is 6.58 Å². The molecule has 0 aromatic heterocycles. The Kier molecular flexibility index (Phi) is 12.7. The van der Waals surface area contributed by atoms with Crippen LogP contribution in [0.25, 0.3) is 0 Å². The van der Waals surface area contributed by atoms with Crippen LogP contribution in [0.2, 0.25) is 0 Å². The molecule has 0 aliphatic heterocycles. The second-order valence-electron chi connectivity index (χ2n) is 0.614. The predicted octanol–water partition coefficient (Wildman–Crippen LogP) is -0.621. The van der Waals surface area contributed by atoms with E-state index < -0.39 is 5.97 Å². The van der Waals surface area contributed by atoms with E-state index in [9.17, 15) is 4.79 Å². The number of hydrogen-bond donors (Lipinski definition) is 3. The highest BCUT2D eigenvalue weighted by Crippen LogP contribution is 1.78. The number of thiol groups is 1. The van der Waals surface area contributed by atoms with Gasteiger partial charge < -0.3 is 4.18 Å². The first-order chi connectivity index (χ1) is 3.81. The summed E-state index contributed by atoms with van der Waals surface area (Å²) in [5.74, 6) is 7.47. The minimum absolute atomic E-state index is 0.529. The molecule has 0 radical (unpaired) electrons. The van der Waals surface area contributed by atoms with Gasteiger partial charge >= 0.3 is 5.97 Å². The van der Waals surface area contributed by atoms with E-state index >= 15 is 0 Å². The summed E-state index contributed by atoms with van der Waals surface area (Å²) in [5.41, 5.74) is 0. The molecular weight excluding hydrogens is 128 g/mol. The second kappa shape index (κ2) is 9.70. The molecule has 0 unspecified atom stereocenters. The van der Waals surface area contributed by atoms with Crippen molar-refractivity contribution in [2.45, 2.75) is 0 Å². The zero-order valence-corrected chi connectivity index (χ0v) is 5.10. The Hall–Kier alpha value is -0.520. The molecule has 0 aromatic rings. The van der Waals surface area contributed by atoms with E-state index in [4.69, 9.17) is 0 Å². The quantitative estimate of drug-likeness (QED) is 0.147. The molecule has 8 heavy (non-hydrogen) atoms. The van der Waals surface area contributed by atoms with Crippen molar-refractivity contribution < 1.29 is 8.98 Å². The molecule has 0 amide bonds. The number of hydrogen-bond acceptors (Lipinski definition) is 5. The molecule has 0 heterocycles. The molecule has 48 valence electrons. The van der Waals surface area contributed by atoms with Gasteiger partial charge in [0, 0.05) is 19.0 Å². The summed E-state index contributed by atoms with van der Waals surface area (Å²) in [6.45, 7) is 3.11. The maximum absolute atomic E-state index is 9.76. The Morgan fingerprint density at radius 3 is 2.12 bits per heavy atom. The highest BCUT2D eigenvalue weighted by molar-refractivity contribution is 7.75. The lowest BCUT2D eigenvalue weighted by molar-refractivity contribution is -0.127. The first-order valence-corrected chi connectivity index (χ1v) is 1.99. The third kappa shape index (κ3) is 9.08. The molecule has 0 atom stereocenters. The van der Waals surface area contributed by atoms with Gasteiger partial charge in [-0.05, 0) is 0 Å². The number of hydrazine groups is 1. The molecular formula is C3H8N2O2S. The van der Waals surface area contributed by atoms with Crippen LogP contribution in [-0.2, 0) is 8.98 Å². The number of carbonyl (C=O) groups is 1. The van der Waals surface area contributed by atoms with Crippen molar-refractivity contribution in [1.82, 2.24) is 0 Å². The van der Waals surface area contributed by atoms with E-state index in [1.165, 1.54) is 0 Å². The fourth-order valence-corrected chi connectivity index (χ4v) is 0.112. The molecule has 5 heteroatoms. The van der Waals surface area contributed by atoms with Gasteiger partial charge in [0.15, 0.2) is 0 Å². The zero-order valence-electron chi connectivity index (χ0n) is 4.20. The van der Waals surface area contributed by atoms with Crippen LogP contribution in [0, 0.1) is 0 Å². The lowest BCUT2D eigenvalue weighted by atomic mass is 10.7. The minimum Gasteiger partial charge on any atom is -0.391 e.